The zero-order valence-electron chi connectivity index (χ0n) is 19.0. The van der Waals surface area contributed by atoms with E-state index in [1.165, 1.54) is 16.7 Å². The van der Waals surface area contributed by atoms with Crippen LogP contribution in [0.5, 0.6) is 0 Å². The van der Waals surface area contributed by atoms with Gasteiger partial charge in [0.25, 0.3) is 0 Å². The molecule has 8 N–H and O–H groups in total. The van der Waals surface area contributed by atoms with Gasteiger partial charge in [0.05, 0.1) is 6.04 Å². The molecule has 1 aliphatic rings. The van der Waals surface area contributed by atoms with E-state index in [1.54, 1.807) is 0 Å². The highest BCUT2D eigenvalue weighted by Gasteiger charge is 2.39. The lowest BCUT2D eigenvalue weighted by atomic mass is 10.1. The summed E-state index contributed by atoms with van der Waals surface area (Å²) in [4.78, 5) is 73.1. The fourth-order valence-electron chi connectivity index (χ4n) is 3.49. The molecule has 4 amide bonds. The number of carbonyl (C=O) groups excluding carboxylic acids is 4. The summed E-state index contributed by atoms with van der Waals surface area (Å²) in [6, 6.07) is -4.44. The third-order valence-electron chi connectivity index (χ3n) is 5.36. The van der Waals surface area contributed by atoms with Gasteiger partial charge >= 0.3 is 11.9 Å². The second kappa shape index (κ2) is 14.4. The van der Waals surface area contributed by atoms with Crippen LogP contribution < -0.4 is 22.1 Å². The smallest absolute Gasteiger partial charge is 0.326 e. The molecule has 0 aromatic rings. The first-order valence-corrected chi connectivity index (χ1v) is 12.3. The summed E-state index contributed by atoms with van der Waals surface area (Å²) in [7, 11) is 0. The number of hydrogen-bond donors (Lipinski definition) is 6. The Balaban J connectivity index is 2.94. The average molecular weight is 504 g/mol. The van der Waals surface area contributed by atoms with Crippen molar-refractivity contribution in [2.24, 2.45) is 11.5 Å². The number of nitrogens with two attached hydrogens (primary N) is 2. The first kappa shape index (κ1) is 29.2. The molecule has 0 aromatic carbocycles. The van der Waals surface area contributed by atoms with Gasteiger partial charge in [-0.1, -0.05) is 0 Å². The van der Waals surface area contributed by atoms with Crippen molar-refractivity contribution in [2.45, 2.75) is 69.1 Å². The molecule has 0 spiro atoms. The fourth-order valence-corrected chi connectivity index (χ4v) is 3.98. The standard InChI is InChI=1S/C20H33N5O8S/c1-34-10-8-11(21)17(29)23-12(4-6-15(22)26)19(31)25-9-2-3-14(25)18(30)24-13(20(32)33)5-7-16(27)28/h11-14H,2-10,21H2,1H3,(H2,22,26)(H,23,29)(H,24,30)(H,27,28)(H,32,33). The third kappa shape index (κ3) is 9.55. The maximum atomic E-state index is 13.2. The quantitative estimate of drug-likeness (QED) is 0.148. The van der Waals surface area contributed by atoms with Crippen LogP contribution >= 0.6 is 11.8 Å². The van der Waals surface area contributed by atoms with E-state index in [4.69, 9.17) is 16.6 Å². The number of nitrogens with one attached hydrogen (secondary N) is 2. The highest BCUT2D eigenvalue weighted by atomic mass is 32.2. The Bertz CT molecular complexity index is 780. The molecular weight excluding hydrogens is 470 g/mol. The molecule has 1 rings (SSSR count). The molecule has 1 saturated heterocycles. The van der Waals surface area contributed by atoms with Gasteiger partial charge in [-0.25, -0.2) is 4.79 Å². The van der Waals surface area contributed by atoms with Gasteiger partial charge in [0.15, 0.2) is 0 Å². The van der Waals surface area contributed by atoms with Crippen LogP contribution in [0.25, 0.3) is 0 Å². The van der Waals surface area contributed by atoms with Gasteiger partial charge in [-0.2, -0.15) is 11.8 Å². The van der Waals surface area contributed by atoms with Gasteiger partial charge in [0.2, 0.25) is 23.6 Å². The molecule has 13 nitrogen and oxygen atoms in total. The van der Waals surface area contributed by atoms with E-state index >= 15 is 0 Å². The van der Waals surface area contributed by atoms with Crippen LogP contribution in [0.15, 0.2) is 0 Å². The highest BCUT2D eigenvalue weighted by Crippen LogP contribution is 2.20. The van der Waals surface area contributed by atoms with Gasteiger partial charge in [-0.15, -0.1) is 0 Å². The molecule has 4 atom stereocenters. The summed E-state index contributed by atoms with van der Waals surface area (Å²) in [5.41, 5.74) is 11.1. The number of hydrogen-bond acceptors (Lipinski definition) is 8. The van der Waals surface area contributed by atoms with Crippen molar-refractivity contribution in [1.29, 1.82) is 0 Å². The van der Waals surface area contributed by atoms with Crippen LogP contribution in [-0.4, -0.2) is 93.4 Å². The number of carboxylic acid groups (broad SMARTS) is 2. The van der Waals surface area contributed by atoms with Crippen LogP contribution in [0.3, 0.4) is 0 Å². The minimum atomic E-state index is -1.43. The largest absolute Gasteiger partial charge is 0.481 e. The number of thioether (sulfide) groups is 1. The lowest BCUT2D eigenvalue weighted by Gasteiger charge is -2.30. The van der Waals surface area contributed by atoms with Gasteiger partial charge in [-0.3, -0.25) is 24.0 Å². The third-order valence-corrected chi connectivity index (χ3v) is 6.01. The van der Waals surface area contributed by atoms with Crippen molar-refractivity contribution in [3.8, 4) is 0 Å². The maximum absolute atomic E-state index is 13.2. The molecule has 0 aliphatic carbocycles. The summed E-state index contributed by atoms with van der Waals surface area (Å²) in [6.45, 7) is 0.186. The van der Waals surface area contributed by atoms with E-state index in [0.717, 1.165) is 0 Å². The normalized spacial score (nSPS) is 17.9. The topological polar surface area (TPSA) is 222 Å². The zero-order valence-corrected chi connectivity index (χ0v) is 19.8. The maximum Gasteiger partial charge on any atom is 0.326 e. The van der Waals surface area contributed by atoms with E-state index in [0.29, 0.717) is 18.6 Å². The molecule has 0 bridgehead atoms. The minimum absolute atomic E-state index is 0.0869. The zero-order chi connectivity index (χ0) is 25.8. The molecule has 1 heterocycles. The van der Waals surface area contributed by atoms with Crippen molar-refractivity contribution in [1.82, 2.24) is 15.5 Å². The average Bonchev–Trinajstić information content (AvgIpc) is 3.26. The molecule has 14 heteroatoms. The molecular formula is C20H33N5O8S. The van der Waals surface area contributed by atoms with Gasteiger partial charge < -0.3 is 37.2 Å². The summed E-state index contributed by atoms with van der Waals surface area (Å²) in [5, 5.41) is 22.9. The van der Waals surface area contributed by atoms with Crippen molar-refractivity contribution < 1.29 is 39.0 Å². The molecule has 1 aliphatic heterocycles. The molecule has 192 valence electrons. The second-order valence-corrected chi connectivity index (χ2v) is 8.96. The number of primary amides is 1. The van der Waals surface area contributed by atoms with Crippen LogP contribution in [0, 0.1) is 0 Å². The van der Waals surface area contributed by atoms with Crippen molar-refractivity contribution in [2.75, 3.05) is 18.6 Å². The number of amides is 4. The van der Waals surface area contributed by atoms with Crippen molar-refractivity contribution in [3.63, 3.8) is 0 Å². The number of rotatable bonds is 15. The van der Waals surface area contributed by atoms with Gasteiger partial charge in [0.1, 0.15) is 18.1 Å². The molecule has 34 heavy (non-hydrogen) atoms. The van der Waals surface area contributed by atoms with E-state index < -0.39 is 66.2 Å². The molecule has 4 unspecified atom stereocenters. The van der Waals surface area contributed by atoms with E-state index in [1.807, 2.05) is 6.26 Å². The number of likely N-dealkylation sites (tertiary alicyclic amines) is 1. The van der Waals surface area contributed by atoms with Crippen LogP contribution in [0.4, 0.5) is 0 Å². The van der Waals surface area contributed by atoms with Gasteiger partial charge in [0, 0.05) is 19.4 Å². The Morgan fingerprint density at radius 1 is 1.03 bits per heavy atom. The Hall–Kier alpha value is -2.87. The second-order valence-electron chi connectivity index (χ2n) is 7.98. The minimum Gasteiger partial charge on any atom is -0.481 e. The lowest BCUT2D eigenvalue weighted by molar-refractivity contribution is -0.145. The van der Waals surface area contributed by atoms with Crippen molar-refractivity contribution in [3.05, 3.63) is 0 Å². The number of carbonyl (C=O) groups is 6. The molecule has 0 radical (unpaired) electrons. The summed E-state index contributed by atoms with van der Waals surface area (Å²) < 4.78 is 0. The summed E-state index contributed by atoms with van der Waals surface area (Å²) >= 11 is 1.51. The van der Waals surface area contributed by atoms with Crippen LogP contribution in [0.1, 0.15) is 44.9 Å². The lowest BCUT2D eigenvalue weighted by Crippen LogP contribution is -2.57. The monoisotopic (exact) mass is 503 g/mol. The molecule has 0 saturated carbocycles. The highest BCUT2D eigenvalue weighted by molar-refractivity contribution is 7.98. The summed E-state index contributed by atoms with van der Waals surface area (Å²) in [6.07, 6.45) is 1.91. The summed E-state index contributed by atoms with van der Waals surface area (Å²) in [5.74, 6) is -4.55. The Kier molecular flexibility index (Phi) is 12.4. The van der Waals surface area contributed by atoms with Crippen molar-refractivity contribution >= 4 is 47.3 Å². The predicted octanol–water partition coefficient (Wildman–Crippen LogP) is -1.76. The van der Waals surface area contributed by atoms with Crippen LogP contribution in [0.2, 0.25) is 0 Å². The predicted molar refractivity (Wildman–Crippen MR) is 123 cm³/mol. The Labute approximate surface area is 201 Å². The number of aliphatic carboxylic acids is 2. The van der Waals surface area contributed by atoms with E-state index in [2.05, 4.69) is 10.6 Å². The number of nitrogens with zero attached hydrogens (tertiary/aromatic N) is 1. The Morgan fingerprint density at radius 3 is 2.24 bits per heavy atom. The van der Waals surface area contributed by atoms with E-state index in [-0.39, 0.29) is 32.2 Å². The van der Waals surface area contributed by atoms with E-state index in [9.17, 15) is 33.9 Å². The SMILES string of the molecule is CSCCC(N)C(=O)NC(CCC(N)=O)C(=O)N1CCCC1C(=O)NC(CCC(=O)O)C(=O)O. The first-order valence-electron chi connectivity index (χ1n) is 10.9. The molecule has 1 fully saturated rings. The first-order chi connectivity index (χ1) is 16.0. The molecule has 0 aromatic heterocycles. The fraction of sp³-hybridized carbons (Fsp3) is 0.700. The van der Waals surface area contributed by atoms with Gasteiger partial charge in [-0.05, 0) is 44.1 Å². The number of carboxylic acids is 2. The van der Waals surface area contributed by atoms with Crippen LogP contribution in [-0.2, 0) is 28.8 Å². The Morgan fingerprint density at radius 2 is 1.68 bits per heavy atom.